The first kappa shape index (κ1) is 21.3. The van der Waals surface area contributed by atoms with Crippen molar-refractivity contribution in [1.29, 1.82) is 5.26 Å². The number of carbonyl (C=O) groups is 2. The number of nitrogens with zero attached hydrogens (tertiary/aromatic N) is 4. The molecular formula is C25H25N5O2. The summed E-state index contributed by atoms with van der Waals surface area (Å²) in [4.78, 5) is 27.8. The molecule has 1 aliphatic carbocycles. The van der Waals surface area contributed by atoms with Gasteiger partial charge in [-0.3, -0.25) is 14.3 Å². The summed E-state index contributed by atoms with van der Waals surface area (Å²) in [6.07, 6.45) is 3.89. The summed E-state index contributed by atoms with van der Waals surface area (Å²) in [5.74, 6) is -0.00755. The maximum atomic E-state index is 13.2. The second-order valence-corrected chi connectivity index (χ2v) is 7.60. The first-order valence-electron chi connectivity index (χ1n) is 10.9. The number of benzene rings is 2. The standard InChI is InChI=1S/C23H19N5O2.C2H6/c24-13-15-2-1-3-18(12-15)26-22(29)20-14-25-28-11-10-27(23(30)21(20)28)19-8-6-17(7-9-19)16-4-5-16;1-2/h1-3,6-9,12,14,16H,4-5,10-11H2,(H,26,29);1-2H3. The third-order valence-electron chi connectivity index (χ3n) is 5.57. The van der Waals surface area contributed by atoms with Gasteiger partial charge < -0.3 is 10.2 Å². The lowest BCUT2D eigenvalue weighted by atomic mass is 10.1. The highest BCUT2D eigenvalue weighted by Crippen LogP contribution is 2.40. The molecule has 1 fully saturated rings. The van der Waals surface area contributed by atoms with Gasteiger partial charge in [0.05, 0.1) is 29.9 Å². The average molecular weight is 428 g/mol. The van der Waals surface area contributed by atoms with Gasteiger partial charge in [0.1, 0.15) is 5.69 Å². The van der Waals surface area contributed by atoms with Gasteiger partial charge in [-0.15, -0.1) is 0 Å². The maximum absolute atomic E-state index is 13.2. The lowest BCUT2D eigenvalue weighted by molar-refractivity contribution is 0.0947. The van der Waals surface area contributed by atoms with E-state index in [1.54, 1.807) is 33.8 Å². The predicted molar refractivity (Wildman–Crippen MR) is 123 cm³/mol. The molecule has 7 nitrogen and oxygen atoms in total. The van der Waals surface area contributed by atoms with Crippen molar-refractivity contribution in [1.82, 2.24) is 9.78 Å². The lowest BCUT2D eigenvalue weighted by Gasteiger charge is -2.28. The first-order chi connectivity index (χ1) is 15.6. The number of hydrogen-bond donors (Lipinski definition) is 1. The van der Waals surface area contributed by atoms with E-state index in [0.29, 0.717) is 30.3 Å². The van der Waals surface area contributed by atoms with E-state index in [2.05, 4.69) is 22.5 Å². The molecule has 7 heteroatoms. The van der Waals surface area contributed by atoms with Crippen LogP contribution in [0.5, 0.6) is 0 Å². The number of carbonyl (C=O) groups excluding carboxylic acids is 2. The zero-order valence-corrected chi connectivity index (χ0v) is 18.2. The highest BCUT2D eigenvalue weighted by atomic mass is 16.2. The monoisotopic (exact) mass is 427 g/mol. The zero-order valence-electron chi connectivity index (χ0n) is 18.2. The van der Waals surface area contributed by atoms with Crippen molar-refractivity contribution >= 4 is 23.2 Å². The van der Waals surface area contributed by atoms with E-state index in [9.17, 15) is 9.59 Å². The summed E-state index contributed by atoms with van der Waals surface area (Å²) in [7, 11) is 0. The van der Waals surface area contributed by atoms with Crippen molar-refractivity contribution in [2.75, 3.05) is 16.8 Å². The number of nitrogens with one attached hydrogen (secondary N) is 1. The van der Waals surface area contributed by atoms with Crippen molar-refractivity contribution in [3.8, 4) is 6.07 Å². The molecule has 162 valence electrons. The van der Waals surface area contributed by atoms with E-state index in [0.717, 1.165) is 5.69 Å². The van der Waals surface area contributed by atoms with Gasteiger partial charge in [0.2, 0.25) is 0 Å². The van der Waals surface area contributed by atoms with Crippen LogP contribution in [0.4, 0.5) is 11.4 Å². The number of amides is 2. The Morgan fingerprint density at radius 3 is 2.56 bits per heavy atom. The normalized spacial score (nSPS) is 14.7. The summed E-state index contributed by atoms with van der Waals surface area (Å²) in [6.45, 7) is 5.02. The van der Waals surface area contributed by atoms with E-state index in [-0.39, 0.29) is 17.2 Å². The van der Waals surface area contributed by atoms with Crippen molar-refractivity contribution < 1.29 is 9.59 Å². The highest BCUT2D eigenvalue weighted by Gasteiger charge is 2.32. The van der Waals surface area contributed by atoms with Crippen molar-refractivity contribution in [2.24, 2.45) is 0 Å². The van der Waals surface area contributed by atoms with Crippen molar-refractivity contribution in [2.45, 2.75) is 39.2 Å². The summed E-state index contributed by atoms with van der Waals surface area (Å²) in [5.41, 5.74) is 3.58. The van der Waals surface area contributed by atoms with E-state index in [1.165, 1.54) is 24.6 Å². The molecule has 1 aromatic heterocycles. The molecule has 32 heavy (non-hydrogen) atoms. The molecule has 2 aromatic carbocycles. The Labute approximate surface area is 187 Å². The topological polar surface area (TPSA) is 91.0 Å². The SMILES string of the molecule is CC.N#Cc1cccc(NC(=O)c2cnn3c2C(=O)N(c2ccc(C4CC4)cc2)CC3)c1. The van der Waals surface area contributed by atoms with Crippen LogP contribution in [0.1, 0.15) is 64.6 Å². The molecule has 0 spiro atoms. The minimum atomic E-state index is -0.425. The molecule has 0 saturated heterocycles. The number of rotatable bonds is 4. The van der Waals surface area contributed by atoms with Gasteiger partial charge in [-0.05, 0) is 54.7 Å². The molecule has 2 aliphatic rings. The average Bonchev–Trinajstić information content (AvgIpc) is 3.59. The van der Waals surface area contributed by atoms with E-state index in [1.807, 2.05) is 32.0 Å². The molecule has 1 N–H and O–H groups in total. The van der Waals surface area contributed by atoms with Crippen molar-refractivity contribution in [3.05, 3.63) is 77.1 Å². The highest BCUT2D eigenvalue weighted by molar-refractivity contribution is 6.15. The van der Waals surface area contributed by atoms with Crippen LogP contribution in [0, 0.1) is 11.3 Å². The van der Waals surface area contributed by atoms with Crippen LogP contribution < -0.4 is 10.2 Å². The number of fused-ring (bicyclic) bond motifs is 1. The summed E-state index contributed by atoms with van der Waals surface area (Å²) in [5, 5.41) is 16.0. The number of hydrogen-bond acceptors (Lipinski definition) is 4. The minimum Gasteiger partial charge on any atom is -0.322 e. The molecular weight excluding hydrogens is 402 g/mol. The second-order valence-electron chi connectivity index (χ2n) is 7.60. The third kappa shape index (κ3) is 4.12. The summed E-state index contributed by atoms with van der Waals surface area (Å²) in [6, 6.07) is 16.8. The quantitative estimate of drug-likeness (QED) is 0.660. The number of nitriles is 1. The van der Waals surface area contributed by atoms with Gasteiger partial charge in [-0.2, -0.15) is 10.4 Å². The largest absolute Gasteiger partial charge is 0.322 e. The summed E-state index contributed by atoms with van der Waals surface area (Å²) >= 11 is 0. The van der Waals surface area contributed by atoms with Gasteiger partial charge >= 0.3 is 0 Å². The molecule has 0 bridgehead atoms. The van der Waals surface area contributed by atoms with E-state index >= 15 is 0 Å². The Morgan fingerprint density at radius 1 is 1.12 bits per heavy atom. The molecule has 5 rings (SSSR count). The van der Waals surface area contributed by atoms with Gasteiger partial charge in [0.15, 0.2) is 0 Å². The van der Waals surface area contributed by atoms with Crippen LogP contribution in [0.2, 0.25) is 0 Å². The molecule has 1 aliphatic heterocycles. The molecule has 2 amide bonds. The van der Waals surface area contributed by atoms with Gasteiger partial charge in [-0.1, -0.05) is 32.0 Å². The van der Waals surface area contributed by atoms with E-state index < -0.39 is 5.91 Å². The second kappa shape index (κ2) is 9.06. The molecule has 2 heterocycles. The first-order valence-corrected chi connectivity index (χ1v) is 10.9. The van der Waals surface area contributed by atoms with E-state index in [4.69, 9.17) is 5.26 Å². The van der Waals surface area contributed by atoms with Gasteiger partial charge in [-0.25, -0.2) is 0 Å². The fourth-order valence-corrected chi connectivity index (χ4v) is 3.83. The van der Waals surface area contributed by atoms with Crippen LogP contribution in [-0.2, 0) is 6.54 Å². The fraction of sp³-hybridized carbons (Fsp3) is 0.280. The molecule has 0 radical (unpaired) electrons. The van der Waals surface area contributed by atoms with Gasteiger partial charge in [0, 0.05) is 17.9 Å². The predicted octanol–water partition coefficient (Wildman–Crippen LogP) is 4.57. The minimum absolute atomic E-state index is 0.224. The molecule has 0 atom stereocenters. The van der Waals surface area contributed by atoms with Gasteiger partial charge in [0.25, 0.3) is 11.8 Å². The summed E-state index contributed by atoms with van der Waals surface area (Å²) < 4.78 is 1.58. The van der Waals surface area contributed by atoms with Crippen LogP contribution in [0.15, 0.2) is 54.7 Å². The maximum Gasteiger partial charge on any atom is 0.277 e. The number of aromatic nitrogens is 2. The fourth-order valence-electron chi connectivity index (χ4n) is 3.83. The van der Waals surface area contributed by atoms with Crippen LogP contribution in [-0.4, -0.2) is 28.1 Å². The Balaban J connectivity index is 0.00000119. The Hall–Kier alpha value is -3.92. The molecule has 1 saturated carbocycles. The Morgan fingerprint density at radius 2 is 1.88 bits per heavy atom. The molecule has 0 unspecified atom stereocenters. The lowest BCUT2D eigenvalue weighted by Crippen LogP contribution is -2.41. The van der Waals surface area contributed by atoms with Crippen LogP contribution in [0.3, 0.4) is 0 Å². The third-order valence-corrected chi connectivity index (χ3v) is 5.57. The van der Waals surface area contributed by atoms with Crippen molar-refractivity contribution in [3.63, 3.8) is 0 Å². The number of anilines is 2. The van der Waals surface area contributed by atoms with Crippen LogP contribution >= 0.6 is 0 Å². The smallest absolute Gasteiger partial charge is 0.277 e. The molecule has 3 aromatic rings. The Bertz CT molecular complexity index is 1190. The van der Waals surface area contributed by atoms with Crippen LogP contribution in [0.25, 0.3) is 0 Å². The Kier molecular flexibility index (Phi) is 6.04. The zero-order chi connectivity index (χ0) is 22.7.